The quantitative estimate of drug-likeness (QED) is 0.636. The fourth-order valence-electron chi connectivity index (χ4n) is 1.34. The van der Waals surface area contributed by atoms with Crippen LogP contribution in [0.2, 0.25) is 0 Å². The van der Waals surface area contributed by atoms with Crippen LogP contribution in [0.15, 0.2) is 5.38 Å². The molecule has 19 heavy (non-hydrogen) atoms. The van der Waals surface area contributed by atoms with Crippen LogP contribution in [0.5, 0.6) is 0 Å². The SMILES string of the molecule is Cc1nc(CSCC(=O)NCCCOCCO)cs1. The second kappa shape index (κ2) is 10.2. The Bertz CT molecular complexity index is 372. The van der Waals surface area contributed by atoms with E-state index < -0.39 is 0 Å². The Morgan fingerprint density at radius 3 is 3.11 bits per heavy atom. The van der Waals surface area contributed by atoms with Gasteiger partial charge in [0.2, 0.25) is 5.91 Å². The van der Waals surface area contributed by atoms with Crippen LogP contribution in [0.1, 0.15) is 17.1 Å². The number of aryl methyl sites for hydroxylation is 1. The Morgan fingerprint density at radius 1 is 1.58 bits per heavy atom. The zero-order chi connectivity index (χ0) is 13.9. The lowest BCUT2D eigenvalue weighted by Crippen LogP contribution is -2.27. The van der Waals surface area contributed by atoms with Gasteiger partial charge in [-0.05, 0) is 13.3 Å². The number of thioether (sulfide) groups is 1. The Kier molecular flexibility index (Phi) is 8.81. The first kappa shape index (κ1) is 16.4. The Labute approximate surface area is 121 Å². The fourth-order valence-corrected chi connectivity index (χ4v) is 2.81. The Hall–Kier alpha value is -0.630. The van der Waals surface area contributed by atoms with Gasteiger partial charge in [-0.3, -0.25) is 4.79 Å². The molecule has 0 aliphatic heterocycles. The number of rotatable bonds is 10. The third-order valence-corrected chi connectivity index (χ3v) is 3.96. The highest BCUT2D eigenvalue weighted by Crippen LogP contribution is 2.14. The maximum atomic E-state index is 11.5. The van der Waals surface area contributed by atoms with Crippen molar-refractivity contribution >= 4 is 29.0 Å². The van der Waals surface area contributed by atoms with Crippen LogP contribution in [0.4, 0.5) is 0 Å². The molecule has 1 heterocycles. The minimum Gasteiger partial charge on any atom is -0.394 e. The largest absolute Gasteiger partial charge is 0.394 e. The van der Waals surface area contributed by atoms with Crippen molar-refractivity contribution in [3.05, 3.63) is 16.1 Å². The van der Waals surface area contributed by atoms with E-state index in [1.165, 1.54) is 0 Å². The first-order valence-electron chi connectivity index (χ1n) is 6.16. The van der Waals surface area contributed by atoms with Gasteiger partial charge in [-0.15, -0.1) is 23.1 Å². The van der Waals surface area contributed by atoms with Crippen molar-refractivity contribution in [3.8, 4) is 0 Å². The topological polar surface area (TPSA) is 71.5 Å². The summed E-state index contributed by atoms with van der Waals surface area (Å²) < 4.78 is 5.09. The zero-order valence-corrected chi connectivity index (χ0v) is 12.7. The summed E-state index contributed by atoms with van der Waals surface area (Å²) >= 11 is 3.20. The van der Waals surface area contributed by atoms with E-state index in [2.05, 4.69) is 10.3 Å². The maximum Gasteiger partial charge on any atom is 0.230 e. The average Bonchev–Trinajstić information content (AvgIpc) is 2.79. The number of carbonyl (C=O) groups excluding carboxylic acids is 1. The van der Waals surface area contributed by atoms with Crippen molar-refractivity contribution in [1.29, 1.82) is 0 Å². The average molecular weight is 304 g/mol. The number of ether oxygens (including phenoxy) is 1. The van der Waals surface area contributed by atoms with Crippen LogP contribution in [-0.2, 0) is 15.3 Å². The van der Waals surface area contributed by atoms with E-state index >= 15 is 0 Å². The predicted molar refractivity (Wildman–Crippen MR) is 78.5 cm³/mol. The minimum atomic E-state index is 0.0408. The number of thiazole rings is 1. The van der Waals surface area contributed by atoms with Crippen LogP contribution in [0, 0.1) is 6.92 Å². The lowest BCUT2D eigenvalue weighted by Gasteiger charge is -2.05. The van der Waals surface area contributed by atoms with Crippen molar-refractivity contribution < 1.29 is 14.6 Å². The molecule has 0 unspecified atom stereocenters. The van der Waals surface area contributed by atoms with Crippen molar-refractivity contribution in [2.45, 2.75) is 19.1 Å². The number of aliphatic hydroxyl groups excluding tert-OH is 1. The van der Waals surface area contributed by atoms with Crippen LogP contribution < -0.4 is 5.32 Å². The summed E-state index contributed by atoms with van der Waals surface area (Å²) in [5.41, 5.74) is 1.04. The highest BCUT2D eigenvalue weighted by molar-refractivity contribution is 7.99. The van der Waals surface area contributed by atoms with E-state index in [0.29, 0.717) is 25.5 Å². The summed E-state index contributed by atoms with van der Waals surface area (Å²) in [5, 5.41) is 14.4. The first-order chi connectivity index (χ1) is 9.22. The molecular formula is C12H20N2O3S2. The molecule has 0 aliphatic rings. The highest BCUT2D eigenvalue weighted by Gasteiger charge is 2.03. The molecule has 0 saturated carbocycles. The molecule has 0 aliphatic carbocycles. The van der Waals surface area contributed by atoms with E-state index in [9.17, 15) is 4.79 Å². The van der Waals surface area contributed by atoms with Gasteiger partial charge in [0.15, 0.2) is 0 Å². The van der Waals surface area contributed by atoms with E-state index in [-0.39, 0.29) is 12.5 Å². The van der Waals surface area contributed by atoms with Crippen molar-refractivity contribution in [1.82, 2.24) is 10.3 Å². The molecule has 108 valence electrons. The summed E-state index contributed by atoms with van der Waals surface area (Å²) in [4.78, 5) is 15.8. The number of nitrogens with zero attached hydrogens (tertiary/aromatic N) is 1. The molecule has 5 nitrogen and oxygen atoms in total. The summed E-state index contributed by atoms with van der Waals surface area (Å²) in [6.45, 7) is 3.55. The number of hydrogen-bond donors (Lipinski definition) is 2. The fraction of sp³-hybridized carbons (Fsp3) is 0.667. The number of amides is 1. The molecule has 0 bridgehead atoms. The van der Waals surface area contributed by atoms with Crippen molar-refractivity contribution in [2.75, 3.05) is 32.1 Å². The molecule has 7 heteroatoms. The third kappa shape index (κ3) is 8.20. The highest BCUT2D eigenvalue weighted by atomic mass is 32.2. The lowest BCUT2D eigenvalue weighted by atomic mass is 10.4. The Morgan fingerprint density at radius 2 is 2.42 bits per heavy atom. The zero-order valence-electron chi connectivity index (χ0n) is 11.1. The summed E-state index contributed by atoms with van der Waals surface area (Å²) in [6.07, 6.45) is 0.766. The summed E-state index contributed by atoms with van der Waals surface area (Å²) in [7, 11) is 0. The third-order valence-electron chi connectivity index (χ3n) is 2.17. The maximum absolute atomic E-state index is 11.5. The second-order valence-corrected chi connectivity index (χ2v) is 5.94. The summed E-state index contributed by atoms with van der Waals surface area (Å²) in [5.74, 6) is 1.27. The van der Waals surface area contributed by atoms with Gasteiger partial charge in [-0.25, -0.2) is 4.98 Å². The van der Waals surface area contributed by atoms with Gasteiger partial charge in [0.25, 0.3) is 0 Å². The number of hydrogen-bond acceptors (Lipinski definition) is 6. The van der Waals surface area contributed by atoms with E-state index in [1.54, 1.807) is 23.1 Å². The number of nitrogens with one attached hydrogen (secondary N) is 1. The molecule has 0 saturated heterocycles. The number of aromatic nitrogens is 1. The smallest absolute Gasteiger partial charge is 0.230 e. The standard InChI is InChI=1S/C12H20N2O3S2/c1-10-14-11(8-19-10)7-18-9-12(16)13-3-2-5-17-6-4-15/h8,15H,2-7,9H2,1H3,(H,13,16). The molecule has 0 aromatic carbocycles. The summed E-state index contributed by atoms with van der Waals surface area (Å²) in [6, 6.07) is 0. The monoisotopic (exact) mass is 304 g/mol. The van der Waals surface area contributed by atoms with Crippen molar-refractivity contribution in [2.24, 2.45) is 0 Å². The number of carbonyl (C=O) groups is 1. The van der Waals surface area contributed by atoms with Gasteiger partial charge < -0.3 is 15.2 Å². The van der Waals surface area contributed by atoms with E-state index in [1.807, 2.05) is 12.3 Å². The minimum absolute atomic E-state index is 0.0408. The molecule has 1 aromatic rings. The lowest BCUT2D eigenvalue weighted by molar-refractivity contribution is -0.118. The molecule has 1 aromatic heterocycles. The molecule has 1 amide bonds. The molecule has 0 spiro atoms. The van der Waals surface area contributed by atoms with Crippen LogP contribution in [0.3, 0.4) is 0 Å². The van der Waals surface area contributed by atoms with E-state index in [0.717, 1.165) is 22.9 Å². The second-order valence-electron chi connectivity index (χ2n) is 3.89. The van der Waals surface area contributed by atoms with Crippen LogP contribution in [0.25, 0.3) is 0 Å². The van der Waals surface area contributed by atoms with Gasteiger partial charge in [0.05, 0.1) is 29.7 Å². The number of aliphatic hydroxyl groups is 1. The van der Waals surface area contributed by atoms with Gasteiger partial charge in [0.1, 0.15) is 0 Å². The van der Waals surface area contributed by atoms with Gasteiger partial charge >= 0.3 is 0 Å². The first-order valence-corrected chi connectivity index (χ1v) is 8.20. The van der Waals surface area contributed by atoms with Gasteiger partial charge in [-0.1, -0.05) is 0 Å². The van der Waals surface area contributed by atoms with E-state index in [4.69, 9.17) is 9.84 Å². The molecule has 0 fully saturated rings. The van der Waals surface area contributed by atoms with Crippen LogP contribution >= 0.6 is 23.1 Å². The molecule has 0 atom stereocenters. The molecular weight excluding hydrogens is 284 g/mol. The molecule has 2 N–H and O–H groups in total. The van der Waals surface area contributed by atoms with Crippen LogP contribution in [-0.4, -0.2) is 48.1 Å². The van der Waals surface area contributed by atoms with Gasteiger partial charge in [-0.2, -0.15) is 0 Å². The Balaban J connectivity index is 1.96. The molecule has 1 rings (SSSR count). The van der Waals surface area contributed by atoms with Crippen molar-refractivity contribution in [3.63, 3.8) is 0 Å². The predicted octanol–water partition coefficient (Wildman–Crippen LogP) is 1.20. The molecule has 0 radical (unpaired) electrons. The van der Waals surface area contributed by atoms with Gasteiger partial charge in [0, 0.05) is 24.3 Å². The normalized spacial score (nSPS) is 10.6.